The molecule has 0 N–H and O–H groups in total. The van der Waals surface area contributed by atoms with E-state index in [1.165, 1.54) is 5.52 Å². The molecule has 0 saturated heterocycles. The number of hydrogen-bond acceptors (Lipinski definition) is 0. The molecule has 2 heterocycles. The molecule has 10 heavy (non-hydrogen) atoms. The van der Waals surface area contributed by atoms with Gasteiger partial charge in [0.2, 0.25) is 0 Å². The fourth-order valence-electron chi connectivity index (χ4n) is 1.03. The van der Waals surface area contributed by atoms with Crippen molar-refractivity contribution in [1.82, 2.24) is 4.40 Å². The molecule has 0 bridgehead atoms. The van der Waals surface area contributed by atoms with Crippen molar-refractivity contribution in [3.05, 3.63) is 41.1 Å². The molecule has 50 valence electrons. The van der Waals surface area contributed by atoms with Gasteiger partial charge in [0, 0.05) is 16.9 Å². The molecule has 1 nitrogen and oxygen atoms in total. The Morgan fingerprint density at radius 2 is 1.80 bits per heavy atom. The van der Waals surface area contributed by atoms with Crippen LogP contribution in [0.1, 0.15) is 0 Å². The summed E-state index contributed by atoms with van der Waals surface area (Å²) < 4.78 is 3.21. The highest BCUT2D eigenvalue weighted by atomic mass is 79.9. The lowest BCUT2D eigenvalue weighted by atomic mass is 10.4. The van der Waals surface area contributed by atoms with Crippen LogP contribution in [-0.4, -0.2) is 4.40 Å². The SMILES string of the molecule is Brc1cccn2cccc12. The zero-order valence-electron chi connectivity index (χ0n) is 5.29. The van der Waals surface area contributed by atoms with Gasteiger partial charge in [-0.15, -0.1) is 0 Å². The molecule has 2 aromatic heterocycles. The summed E-state index contributed by atoms with van der Waals surface area (Å²) >= 11 is 3.46. The van der Waals surface area contributed by atoms with Gasteiger partial charge in [0.05, 0.1) is 5.52 Å². The van der Waals surface area contributed by atoms with Gasteiger partial charge in [-0.05, 0) is 40.2 Å². The monoisotopic (exact) mass is 195 g/mol. The van der Waals surface area contributed by atoms with Crippen molar-refractivity contribution in [3.63, 3.8) is 0 Å². The van der Waals surface area contributed by atoms with Crippen LogP contribution < -0.4 is 0 Å². The van der Waals surface area contributed by atoms with Crippen LogP contribution in [0.15, 0.2) is 41.1 Å². The molecule has 2 heteroatoms. The second kappa shape index (κ2) is 2.13. The summed E-state index contributed by atoms with van der Waals surface area (Å²) in [4.78, 5) is 0. The Morgan fingerprint density at radius 1 is 1.10 bits per heavy atom. The van der Waals surface area contributed by atoms with Gasteiger partial charge in [0.25, 0.3) is 0 Å². The van der Waals surface area contributed by atoms with Gasteiger partial charge >= 0.3 is 0 Å². The molecule has 0 unspecified atom stereocenters. The van der Waals surface area contributed by atoms with E-state index in [9.17, 15) is 0 Å². The van der Waals surface area contributed by atoms with Crippen molar-refractivity contribution in [2.45, 2.75) is 0 Å². The molecule has 2 aromatic rings. The molecule has 2 rings (SSSR count). The highest BCUT2D eigenvalue weighted by molar-refractivity contribution is 9.10. The molecular weight excluding hydrogens is 190 g/mol. The third-order valence-corrected chi connectivity index (χ3v) is 2.18. The fraction of sp³-hybridized carbons (Fsp3) is 0. The third kappa shape index (κ3) is 0.762. The lowest BCUT2D eigenvalue weighted by Crippen LogP contribution is -1.78. The maximum absolute atomic E-state index is 3.46. The van der Waals surface area contributed by atoms with Gasteiger partial charge in [-0.1, -0.05) is 0 Å². The zero-order valence-corrected chi connectivity index (χ0v) is 6.88. The molecule has 0 aliphatic carbocycles. The predicted octanol–water partition coefficient (Wildman–Crippen LogP) is 2.70. The van der Waals surface area contributed by atoms with E-state index in [0.29, 0.717) is 0 Å². The number of aromatic nitrogens is 1. The van der Waals surface area contributed by atoms with Gasteiger partial charge in [-0.2, -0.15) is 0 Å². The Kier molecular flexibility index (Phi) is 1.27. The number of halogens is 1. The first-order chi connectivity index (χ1) is 4.88. The Labute approximate surface area is 67.4 Å². The number of rotatable bonds is 0. The summed E-state index contributed by atoms with van der Waals surface area (Å²) in [5.74, 6) is 0. The summed E-state index contributed by atoms with van der Waals surface area (Å²) in [6.45, 7) is 0. The quantitative estimate of drug-likeness (QED) is 0.610. The molecule has 0 atom stereocenters. The van der Waals surface area contributed by atoms with Crippen molar-refractivity contribution in [3.8, 4) is 0 Å². The van der Waals surface area contributed by atoms with E-state index in [1.54, 1.807) is 0 Å². The van der Waals surface area contributed by atoms with Crippen LogP contribution >= 0.6 is 15.9 Å². The van der Waals surface area contributed by atoms with Crippen LogP contribution in [0, 0.1) is 0 Å². The Hall–Kier alpha value is -0.760. The summed E-state index contributed by atoms with van der Waals surface area (Å²) in [5, 5.41) is 0. The maximum atomic E-state index is 3.46. The van der Waals surface area contributed by atoms with Crippen LogP contribution in [0.25, 0.3) is 5.52 Å². The average molecular weight is 196 g/mol. The number of fused-ring (bicyclic) bond motifs is 1. The minimum atomic E-state index is 1.14. The minimum Gasteiger partial charge on any atom is -0.323 e. The average Bonchev–Trinajstić information content (AvgIpc) is 2.36. The lowest BCUT2D eigenvalue weighted by Gasteiger charge is -1.94. The first-order valence-electron chi connectivity index (χ1n) is 3.09. The Balaban J connectivity index is 2.95. The van der Waals surface area contributed by atoms with Gasteiger partial charge < -0.3 is 4.40 Å². The molecule has 0 spiro atoms. The summed E-state index contributed by atoms with van der Waals surface area (Å²) in [6, 6.07) is 8.15. The van der Waals surface area contributed by atoms with Crippen LogP contribution in [0.2, 0.25) is 0 Å². The van der Waals surface area contributed by atoms with Crippen LogP contribution in [0.5, 0.6) is 0 Å². The van der Waals surface area contributed by atoms with E-state index in [1.807, 2.05) is 30.6 Å². The summed E-state index contributed by atoms with van der Waals surface area (Å²) in [5.41, 5.74) is 1.21. The third-order valence-electron chi connectivity index (χ3n) is 1.51. The van der Waals surface area contributed by atoms with Gasteiger partial charge in [0.1, 0.15) is 0 Å². The molecule has 0 amide bonds. The number of pyridine rings is 1. The van der Waals surface area contributed by atoms with Crippen molar-refractivity contribution in [2.24, 2.45) is 0 Å². The topological polar surface area (TPSA) is 4.41 Å². The molecule has 0 aromatic carbocycles. The second-order valence-electron chi connectivity index (χ2n) is 2.16. The largest absolute Gasteiger partial charge is 0.323 e. The molecule has 0 aliphatic heterocycles. The Morgan fingerprint density at radius 3 is 2.50 bits per heavy atom. The van der Waals surface area contributed by atoms with Crippen molar-refractivity contribution in [1.29, 1.82) is 0 Å². The van der Waals surface area contributed by atoms with E-state index < -0.39 is 0 Å². The van der Waals surface area contributed by atoms with E-state index in [4.69, 9.17) is 0 Å². The highest BCUT2D eigenvalue weighted by Gasteiger charge is 1.93. The highest BCUT2D eigenvalue weighted by Crippen LogP contribution is 2.16. The predicted molar refractivity (Wildman–Crippen MR) is 45.1 cm³/mol. The fourth-order valence-corrected chi connectivity index (χ4v) is 1.52. The van der Waals surface area contributed by atoms with E-state index >= 15 is 0 Å². The lowest BCUT2D eigenvalue weighted by molar-refractivity contribution is 1.19. The van der Waals surface area contributed by atoms with Gasteiger partial charge in [0.15, 0.2) is 0 Å². The molecule has 0 radical (unpaired) electrons. The zero-order chi connectivity index (χ0) is 6.97. The first kappa shape index (κ1) is 5.98. The van der Waals surface area contributed by atoms with Crippen molar-refractivity contribution >= 4 is 21.4 Å². The molecule has 0 fully saturated rings. The molecular formula is C8H6BrN. The molecule has 0 saturated carbocycles. The van der Waals surface area contributed by atoms with Gasteiger partial charge in [-0.3, -0.25) is 0 Å². The maximum Gasteiger partial charge on any atom is 0.0592 e. The first-order valence-corrected chi connectivity index (χ1v) is 3.88. The number of hydrogen-bond donors (Lipinski definition) is 0. The summed E-state index contributed by atoms with van der Waals surface area (Å²) in [6.07, 6.45) is 4.06. The second-order valence-corrected chi connectivity index (χ2v) is 3.01. The van der Waals surface area contributed by atoms with Crippen molar-refractivity contribution < 1.29 is 0 Å². The standard InChI is InChI=1S/C8H6BrN/c9-7-3-1-5-10-6-2-4-8(7)10/h1-6H. The van der Waals surface area contributed by atoms with Crippen LogP contribution in [0.4, 0.5) is 0 Å². The van der Waals surface area contributed by atoms with Crippen LogP contribution in [-0.2, 0) is 0 Å². The van der Waals surface area contributed by atoms with Crippen molar-refractivity contribution in [2.75, 3.05) is 0 Å². The smallest absolute Gasteiger partial charge is 0.0592 e. The van der Waals surface area contributed by atoms with Gasteiger partial charge in [-0.25, -0.2) is 0 Å². The number of nitrogens with zero attached hydrogens (tertiary/aromatic N) is 1. The van der Waals surface area contributed by atoms with E-state index in [2.05, 4.69) is 26.4 Å². The summed E-state index contributed by atoms with van der Waals surface area (Å²) in [7, 11) is 0. The normalized spacial score (nSPS) is 10.5. The van der Waals surface area contributed by atoms with E-state index in [0.717, 1.165) is 4.47 Å². The Bertz CT molecular complexity index is 351. The minimum absolute atomic E-state index is 1.14. The molecule has 0 aliphatic rings. The van der Waals surface area contributed by atoms with Crippen LogP contribution in [0.3, 0.4) is 0 Å². The van der Waals surface area contributed by atoms with E-state index in [-0.39, 0.29) is 0 Å².